The van der Waals surface area contributed by atoms with Crippen LogP contribution in [0.1, 0.15) is 25.7 Å². The minimum absolute atomic E-state index is 0.593. The van der Waals surface area contributed by atoms with E-state index in [9.17, 15) is 0 Å². The molecule has 2 nitrogen and oxygen atoms in total. The third kappa shape index (κ3) is 0.775. The van der Waals surface area contributed by atoms with E-state index in [0.717, 1.165) is 10.8 Å². The van der Waals surface area contributed by atoms with Gasteiger partial charge in [-0.2, -0.15) is 0 Å². The molecular weight excluding hydrogens is 150 g/mol. The summed E-state index contributed by atoms with van der Waals surface area (Å²) >= 11 is 0. The second kappa shape index (κ2) is 2.05. The SMILES string of the molecule is COC1CC2(C1)CC1(CNC1)C2. The van der Waals surface area contributed by atoms with Gasteiger partial charge in [-0.25, -0.2) is 0 Å². The predicted molar refractivity (Wildman–Crippen MR) is 47.0 cm³/mol. The van der Waals surface area contributed by atoms with E-state index in [1.165, 1.54) is 38.8 Å². The fourth-order valence-electron chi connectivity index (χ4n) is 3.63. The third-order valence-electron chi connectivity index (χ3n) is 4.15. The molecule has 0 aromatic heterocycles. The summed E-state index contributed by atoms with van der Waals surface area (Å²) in [6, 6.07) is 0. The van der Waals surface area contributed by atoms with Crippen molar-refractivity contribution >= 4 is 0 Å². The van der Waals surface area contributed by atoms with Gasteiger partial charge in [0.1, 0.15) is 0 Å². The van der Waals surface area contributed by atoms with Crippen molar-refractivity contribution in [2.24, 2.45) is 10.8 Å². The fraction of sp³-hybridized carbons (Fsp3) is 1.00. The molecule has 1 heterocycles. The first-order valence-corrected chi connectivity index (χ1v) is 5.00. The number of nitrogens with one attached hydrogen (secondary N) is 1. The van der Waals surface area contributed by atoms with Gasteiger partial charge < -0.3 is 10.1 Å². The van der Waals surface area contributed by atoms with Crippen LogP contribution in [-0.4, -0.2) is 26.3 Å². The molecule has 0 radical (unpaired) electrons. The van der Waals surface area contributed by atoms with Crippen LogP contribution in [0.4, 0.5) is 0 Å². The lowest BCUT2D eigenvalue weighted by Crippen LogP contribution is -2.67. The van der Waals surface area contributed by atoms with Crippen molar-refractivity contribution in [2.75, 3.05) is 20.2 Å². The highest BCUT2D eigenvalue weighted by molar-refractivity contribution is 5.14. The molecule has 68 valence electrons. The van der Waals surface area contributed by atoms with Crippen LogP contribution in [0, 0.1) is 10.8 Å². The summed E-state index contributed by atoms with van der Waals surface area (Å²) in [6.45, 7) is 2.57. The van der Waals surface area contributed by atoms with Gasteiger partial charge in [0.25, 0.3) is 0 Å². The Morgan fingerprint density at radius 1 is 1.17 bits per heavy atom. The first-order chi connectivity index (χ1) is 5.76. The van der Waals surface area contributed by atoms with Gasteiger partial charge in [-0.15, -0.1) is 0 Å². The number of ether oxygens (including phenoxy) is 1. The zero-order valence-electron chi connectivity index (χ0n) is 7.73. The van der Waals surface area contributed by atoms with Crippen molar-refractivity contribution in [1.82, 2.24) is 5.32 Å². The molecular formula is C10H17NO. The Bertz CT molecular complexity index is 194. The Hall–Kier alpha value is -0.0800. The Morgan fingerprint density at radius 2 is 1.83 bits per heavy atom. The van der Waals surface area contributed by atoms with Crippen molar-refractivity contribution in [3.63, 3.8) is 0 Å². The zero-order valence-corrected chi connectivity index (χ0v) is 7.73. The van der Waals surface area contributed by atoms with Crippen molar-refractivity contribution in [2.45, 2.75) is 31.8 Å². The molecule has 2 saturated carbocycles. The molecule has 2 heteroatoms. The zero-order chi connectivity index (χ0) is 8.23. The average molecular weight is 167 g/mol. The highest BCUT2D eigenvalue weighted by Gasteiger charge is 2.61. The summed E-state index contributed by atoms with van der Waals surface area (Å²) < 4.78 is 5.32. The number of rotatable bonds is 1. The minimum Gasteiger partial charge on any atom is -0.381 e. The van der Waals surface area contributed by atoms with Gasteiger partial charge in [-0.1, -0.05) is 0 Å². The summed E-state index contributed by atoms with van der Waals surface area (Å²) in [5.74, 6) is 0. The molecule has 3 aliphatic rings. The van der Waals surface area contributed by atoms with E-state index in [0.29, 0.717) is 6.10 Å². The first-order valence-electron chi connectivity index (χ1n) is 5.00. The quantitative estimate of drug-likeness (QED) is 0.633. The normalized spacial score (nSPS) is 35.8. The van der Waals surface area contributed by atoms with E-state index >= 15 is 0 Å². The van der Waals surface area contributed by atoms with Crippen molar-refractivity contribution < 1.29 is 4.74 Å². The molecule has 2 spiro atoms. The van der Waals surface area contributed by atoms with Crippen molar-refractivity contribution in [3.05, 3.63) is 0 Å². The lowest BCUT2D eigenvalue weighted by atomic mass is 9.43. The van der Waals surface area contributed by atoms with Gasteiger partial charge in [0.15, 0.2) is 0 Å². The van der Waals surface area contributed by atoms with Crippen molar-refractivity contribution in [3.8, 4) is 0 Å². The molecule has 12 heavy (non-hydrogen) atoms. The van der Waals surface area contributed by atoms with Crippen LogP contribution in [0.25, 0.3) is 0 Å². The van der Waals surface area contributed by atoms with E-state index in [1.54, 1.807) is 0 Å². The Balaban J connectivity index is 1.56. The van der Waals surface area contributed by atoms with Crippen LogP contribution in [0.3, 0.4) is 0 Å². The van der Waals surface area contributed by atoms with Gasteiger partial charge in [0, 0.05) is 20.2 Å². The number of hydrogen-bond donors (Lipinski definition) is 1. The Kier molecular flexibility index (Phi) is 1.25. The third-order valence-corrected chi connectivity index (χ3v) is 4.15. The van der Waals surface area contributed by atoms with Gasteiger partial charge in [-0.05, 0) is 36.5 Å². The van der Waals surface area contributed by atoms with E-state index in [1.807, 2.05) is 7.11 Å². The monoisotopic (exact) mass is 167 g/mol. The van der Waals surface area contributed by atoms with Crippen LogP contribution in [0.15, 0.2) is 0 Å². The van der Waals surface area contributed by atoms with Crippen LogP contribution < -0.4 is 5.32 Å². The summed E-state index contributed by atoms with van der Waals surface area (Å²) in [5, 5.41) is 3.38. The molecule has 1 aliphatic heterocycles. The molecule has 3 fully saturated rings. The first kappa shape index (κ1) is 7.34. The molecule has 0 amide bonds. The highest BCUT2D eigenvalue weighted by Crippen LogP contribution is 2.65. The smallest absolute Gasteiger partial charge is 0.0582 e. The lowest BCUT2D eigenvalue weighted by molar-refractivity contribution is -0.179. The molecule has 1 N–H and O–H groups in total. The van der Waals surface area contributed by atoms with Gasteiger partial charge in [-0.3, -0.25) is 0 Å². The van der Waals surface area contributed by atoms with E-state index < -0.39 is 0 Å². The number of methoxy groups -OCH3 is 1. The van der Waals surface area contributed by atoms with Crippen LogP contribution in [0.2, 0.25) is 0 Å². The van der Waals surface area contributed by atoms with Crippen LogP contribution in [-0.2, 0) is 4.74 Å². The van der Waals surface area contributed by atoms with E-state index in [4.69, 9.17) is 4.74 Å². The second-order valence-corrected chi connectivity index (χ2v) is 5.22. The molecule has 0 atom stereocenters. The number of hydrogen-bond acceptors (Lipinski definition) is 2. The van der Waals surface area contributed by atoms with Crippen molar-refractivity contribution in [1.29, 1.82) is 0 Å². The molecule has 0 unspecified atom stereocenters. The molecule has 0 aromatic carbocycles. The molecule has 2 aliphatic carbocycles. The summed E-state index contributed by atoms with van der Waals surface area (Å²) in [4.78, 5) is 0. The van der Waals surface area contributed by atoms with Gasteiger partial charge in [0.2, 0.25) is 0 Å². The highest BCUT2D eigenvalue weighted by atomic mass is 16.5. The average Bonchev–Trinajstić information content (AvgIpc) is 1.78. The van der Waals surface area contributed by atoms with Crippen LogP contribution in [0.5, 0.6) is 0 Å². The fourth-order valence-corrected chi connectivity index (χ4v) is 3.63. The summed E-state index contributed by atoms with van der Waals surface area (Å²) in [7, 11) is 1.84. The maximum atomic E-state index is 5.32. The maximum absolute atomic E-state index is 5.32. The van der Waals surface area contributed by atoms with Gasteiger partial charge >= 0.3 is 0 Å². The lowest BCUT2D eigenvalue weighted by Gasteiger charge is -2.66. The van der Waals surface area contributed by atoms with E-state index in [-0.39, 0.29) is 0 Å². The summed E-state index contributed by atoms with van der Waals surface area (Å²) in [5.41, 5.74) is 1.49. The van der Waals surface area contributed by atoms with E-state index in [2.05, 4.69) is 5.32 Å². The molecule has 3 rings (SSSR count). The van der Waals surface area contributed by atoms with Crippen LogP contribution >= 0.6 is 0 Å². The Labute approximate surface area is 73.7 Å². The topological polar surface area (TPSA) is 21.3 Å². The second-order valence-electron chi connectivity index (χ2n) is 5.22. The molecule has 1 saturated heterocycles. The molecule has 0 aromatic rings. The molecule has 0 bridgehead atoms. The van der Waals surface area contributed by atoms with Gasteiger partial charge in [0.05, 0.1) is 6.10 Å². The standard InChI is InChI=1S/C10H17NO/c1-12-8-2-9(3-8)4-10(5-9)6-11-7-10/h8,11H,2-7H2,1H3. The minimum atomic E-state index is 0.593. The Morgan fingerprint density at radius 3 is 2.25 bits per heavy atom. The summed E-state index contributed by atoms with van der Waals surface area (Å²) in [6.07, 6.45) is 6.23. The maximum Gasteiger partial charge on any atom is 0.0582 e. The predicted octanol–water partition coefficient (Wildman–Crippen LogP) is 1.17. The largest absolute Gasteiger partial charge is 0.381 e.